The van der Waals surface area contributed by atoms with Gasteiger partial charge in [0.15, 0.2) is 9.84 Å². The summed E-state index contributed by atoms with van der Waals surface area (Å²) >= 11 is 0. The molecule has 126 valence electrons. The minimum Gasteiger partial charge on any atom is -0.348 e. The largest absolute Gasteiger partial charge is 0.348 e. The van der Waals surface area contributed by atoms with Gasteiger partial charge in [0.1, 0.15) is 0 Å². The van der Waals surface area contributed by atoms with Crippen LogP contribution in [0.3, 0.4) is 0 Å². The lowest BCUT2D eigenvalue weighted by atomic mass is 10.0. The molecule has 3 rings (SSSR count). The number of hydrogen-bond acceptors (Lipinski definition) is 6. The van der Waals surface area contributed by atoms with Gasteiger partial charge < -0.3 is 10.2 Å². The minimum atomic E-state index is -3.00. The van der Waals surface area contributed by atoms with Crippen LogP contribution < -0.4 is 10.2 Å². The molecule has 8 heteroatoms. The highest BCUT2D eigenvalue weighted by molar-refractivity contribution is 7.91. The number of carbonyl (C=O) groups is 1. The van der Waals surface area contributed by atoms with E-state index in [1.807, 2.05) is 0 Å². The maximum absolute atomic E-state index is 12.2. The zero-order valence-electron chi connectivity index (χ0n) is 13.2. The maximum atomic E-state index is 12.2. The summed E-state index contributed by atoms with van der Waals surface area (Å²) in [5, 5.41) is 2.75. The second kappa shape index (κ2) is 6.43. The Balaban J connectivity index is 1.61. The Morgan fingerprint density at radius 2 is 2.04 bits per heavy atom. The Bertz CT molecular complexity index is 674. The standard InChI is InChI=1S/C15H22N4O3S/c1-11-3-2-5-19(9-11)15-16-7-12(8-17-15)14(20)18-13-4-6-23(21,22)10-13/h7-8,11,13H,2-6,9-10H2,1H3,(H,18,20). The quantitative estimate of drug-likeness (QED) is 0.869. The second-order valence-electron chi connectivity index (χ2n) is 6.54. The van der Waals surface area contributed by atoms with Gasteiger partial charge in [-0.05, 0) is 25.2 Å². The lowest BCUT2D eigenvalue weighted by molar-refractivity contribution is 0.0940. The molecular formula is C15H22N4O3S. The highest BCUT2D eigenvalue weighted by atomic mass is 32.2. The Morgan fingerprint density at radius 1 is 1.30 bits per heavy atom. The van der Waals surface area contributed by atoms with Crippen molar-refractivity contribution in [1.82, 2.24) is 15.3 Å². The van der Waals surface area contributed by atoms with E-state index in [2.05, 4.69) is 27.1 Å². The summed E-state index contributed by atoms with van der Waals surface area (Å²) in [6.07, 6.45) is 5.85. The van der Waals surface area contributed by atoms with Crippen molar-refractivity contribution in [2.75, 3.05) is 29.5 Å². The van der Waals surface area contributed by atoms with Crippen molar-refractivity contribution in [2.45, 2.75) is 32.2 Å². The molecule has 3 heterocycles. The number of amides is 1. The van der Waals surface area contributed by atoms with Gasteiger partial charge in [0.25, 0.3) is 5.91 Å². The molecular weight excluding hydrogens is 316 g/mol. The summed E-state index contributed by atoms with van der Waals surface area (Å²) in [4.78, 5) is 22.9. The Morgan fingerprint density at radius 3 is 2.65 bits per heavy atom. The lowest BCUT2D eigenvalue weighted by Crippen LogP contribution is -2.37. The number of aromatic nitrogens is 2. The third-order valence-electron chi connectivity index (χ3n) is 4.41. The van der Waals surface area contributed by atoms with Crippen LogP contribution in [0.15, 0.2) is 12.4 Å². The molecule has 2 fully saturated rings. The molecule has 23 heavy (non-hydrogen) atoms. The van der Waals surface area contributed by atoms with Crippen molar-refractivity contribution < 1.29 is 13.2 Å². The summed E-state index contributed by atoms with van der Waals surface area (Å²) in [5.74, 6) is 1.12. The number of nitrogens with one attached hydrogen (secondary N) is 1. The van der Waals surface area contributed by atoms with Gasteiger partial charge in [-0.15, -0.1) is 0 Å². The van der Waals surface area contributed by atoms with E-state index in [-0.39, 0.29) is 23.5 Å². The van der Waals surface area contributed by atoms with E-state index in [1.54, 1.807) is 0 Å². The first-order valence-electron chi connectivity index (χ1n) is 8.01. The average Bonchev–Trinajstić information content (AvgIpc) is 2.86. The molecule has 0 bridgehead atoms. The van der Waals surface area contributed by atoms with Crippen LogP contribution in [0.1, 0.15) is 36.5 Å². The molecule has 2 aliphatic heterocycles. The molecule has 1 aromatic rings. The number of sulfone groups is 1. The monoisotopic (exact) mass is 338 g/mol. The van der Waals surface area contributed by atoms with Crippen LogP contribution in [0.4, 0.5) is 5.95 Å². The molecule has 2 atom stereocenters. The first-order chi connectivity index (χ1) is 10.9. The van der Waals surface area contributed by atoms with Crippen LogP contribution >= 0.6 is 0 Å². The first-order valence-corrected chi connectivity index (χ1v) is 9.83. The number of piperidine rings is 1. The number of carbonyl (C=O) groups excluding carboxylic acids is 1. The van der Waals surface area contributed by atoms with Crippen LogP contribution in [0.5, 0.6) is 0 Å². The summed E-state index contributed by atoms with van der Waals surface area (Å²) in [7, 11) is -3.00. The van der Waals surface area contributed by atoms with E-state index in [4.69, 9.17) is 0 Å². The molecule has 2 aliphatic rings. The van der Waals surface area contributed by atoms with Gasteiger partial charge in [0, 0.05) is 31.5 Å². The molecule has 7 nitrogen and oxygen atoms in total. The fourth-order valence-electron chi connectivity index (χ4n) is 3.15. The van der Waals surface area contributed by atoms with Crippen molar-refractivity contribution >= 4 is 21.7 Å². The van der Waals surface area contributed by atoms with Gasteiger partial charge in [0.05, 0.1) is 17.1 Å². The molecule has 1 aromatic heterocycles. The zero-order chi connectivity index (χ0) is 16.4. The molecule has 0 spiro atoms. The summed E-state index contributed by atoms with van der Waals surface area (Å²) in [6, 6.07) is -0.310. The zero-order valence-corrected chi connectivity index (χ0v) is 14.1. The average molecular weight is 338 g/mol. The lowest BCUT2D eigenvalue weighted by Gasteiger charge is -2.30. The summed E-state index contributed by atoms with van der Waals surface area (Å²) in [5.41, 5.74) is 0.364. The molecule has 2 unspecified atom stereocenters. The van der Waals surface area contributed by atoms with Gasteiger partial charge in [0.2, 0.25) is 5.95 Å². The van der Waals surface area contributed by atoms with Crippen molar-refractivity contribution in [2.24, 2.45) is 5.92 Å². The maximum Gasteiger partial charge on any atom is 0.254 e. The molecule has 0 radical (unpaired) electrons. The van der Waals surface area contributed by atoms with Gasteiger partial charge >= 0.3 is 0 Å². The molecule has 0 aromatic carbocycles. The first kappa shape index (κ1) is 16.2. The van der Waals surface area contributed by atoms with E-state index in [1.165, 1.54) is 18.8 Å². The molecule has 0 saturated carbocycles. The van der Waals surface area contributed by atoms with Gasteiger partial charge in [-0.2, -0.15) is 0 Å². The number of anilines is 1. The fraction of sp³-hybridized carbons (Fsp3) is 0.667. The van der Waals surface area contributed by atoms with Crippen LogP contribution in [0.25, 0.3) is 0 Å². The molecule has 0 aliphatic carbocycles. The van der Waals surface area contributed by atoms with Crippen LogP contribution in [0, 0.1) is 5.92 Å². The fourth-order valence-corrected chi connectivity index (χ4v) is 4.82. The van der Waals surface area contributed by atoms with Crippen LogP contribution in [-0.2, 0) is 9.84 Å². The third kappa shape index (κ3) is 3.99. The molecule has 1 amide bonds. The summed E-state index contributed by atoms with van der Waals surface area (Å²) < 4.78 is 22.8. The van der Waals surface area contributed by atoms with Crippen molar-refractivity contribution in [3.8, 4) is 0 Å². The number of hydrogen-bond donors (Lipinski definition) is 1. The van der Waals surface area contributed by atoms with E-state index >= 15 is 0 Å². The predicted molar refractivity (Wildman–Crippen MR) is 87.2 cm³/mol. The molecule has 2 saturated heterocycles. The Labute approximate surface area is 136 Å². The van der Waals surface area contributed by atoms with Gasteiger partial charge in [-0.1, -0.05) is 6.92 Å². The number of rotatable bonds is 3. The van der Waals surface area contributed by atoms with Crippen LogP contribution in [-0.4, -0.2) is 54.9 Å². The van der Waals surface area contributed by atoms with E-state index in [9.17, 15) is 13.2 Å². The van der Waals surface area contributed by atoms with E-state index < -0.39 is 9.84 Å². The number of nitrogens with zero attached hydrogens (tertiary/aromatic N) is 3. The van der Waals surface area contributed by atoms with Crippen molar-refractivity contribution in [3.63, 3.8) is 0 Å². The normalized spacial score (nSPS) is 26.9. The van der Waals surface area contributed by atoms with Crippen molar-refractivity contribution in [3.05, 3.63) is 18.0 Å². The second-order valence-corrected chi connectivity index (χ2v) is 8.77. The molecule has 1 N–H and O–H groups in total. The SMILES string of the molecule is CC1CCCN(c2ncc(C(=O)NC3CCS(=O)(=O)C3)cn2)C1. The Hall–Kier alpha value is -1.70. The van der Waals surface area contributed by atoms with Crippen LogP contribution in [0.2, 0.25) is 0 Å². The summed E-state index contributed by atoms with van der Waals surface area (Å²) in [6.45, 7) is 4.09. The highest BCUT2D eigenvalue weighted by Crippen LogP contribution is 2.19. The predicted octanol–water partition coefficient (Wildman–Crippen LogP) is 0.630. The van der Waals surface area contributed by atoms with Gasteiger partial charge in [-0.3, -0.25) is 4.79 Å². The Kier molecular flexibility index (Phi) is 4.52. The van der Waals surface area contributed by atoms with E-state index in [0.717, 1.165) is 19.5 Å². The van der Waals surface area contributed by atoms with Gasteiger partial charge in [-0.25, -0.2) is 18.4 Å². The van der Waals surface area contributed by atoms with E-state index in [0.29, 0.717) is 23.9 Å². The smallest absolute Gasteiger partial charge is 0.254 e. The minimum absolute atomic E-state index is 0.0172. The highest BCUT2D eigenvalue weighted by Gasteiger charge is 2.29. The van der Waals surface area contributed by atoms with Crippen molar-refractivity contribution in [1.29, 1.82) is 0 Å². The topological polar surface area (TPSA) is 92.3 Å². The third-order valence-corrected chi connectivity index (χ3v) is 6.18.